The van der Waals surface area contributed by atoms with E-state index in [1.54, 1.807) is 0 Å². The lowest BCUT2D eigenvalue weighted by Crippen LogP contribution is -2.47. The van der Waals surface area contributed by atoms with Gasteiger partial charge in [-0.2, -0.15) is 0 Å². The third kappa shape index (κ3) is 4.02. The van der Waals surface area contributed by atoms with Crippen molar-refractivity contribution in [3.05, 3.63) is 0 Å². The zero-order valence-electron chi connectivity index (χ0n) is 7.52. The molecule has 0 radical (unpaired) electrons. The molecule has 2 nitrogen and oxygen atoms in total. The van der Waals surface area contributed by atoms with E-state index in [1.807, 2.05) is 20.8 Å². The van der Waals surface area contributed by atoms with Crippen LogP contribution >= 0.6 is 0 Å². The number of aliphatic hydroxyl groups excluding tert-OH is 1. The van der Waals surface area contributed by atoms with Crippen molar-refractivity contribution in [1.29, 1.82) is 0 Å². The minimum Gasteiger partial charge on any atom is -0.394 e. The van der Waals surface area contributed by atoms with Crippen molar-refractivity contribution in [2.75, 3.05) is 6.61 Å². The molecule has 0 saturated carbocycles. The molecule has 64 valence electrons. The first-order chi connectivity index (χ1) is 5.05. The molecule has 2 N–H and O–H groups in total. The van der Waals surface area contributed by atoms with Crippen LogP contribution in [0.1, 0.15) is 27.2 Å². The van der Waals surface area contributed by atoms with E-state index in [0.717, 1.165) is 6.42 Å². The highest BCUT2D eigenvalue weighted by Gasteiger charge is 2.18. The SMILES string of the molecule is C#CC(CC)NC(C)(C)CO. The molecule has 0 spiro atoms. The molecule has 0 aliphatic rings. The van der Waals surface area contributed by atoms with E-state index in [4.69, 9.17) is 11.5 Å². The van der Waals surface area contributed by atoms with Gasteiger partial charge in [0.25, 0.3) is 0 Å². The third-order valence-electron chi connectivity index (χ3n) is 1.57. The first-order valence-corrected chi connectivity index (χ1v) is 3.90. The van der Waals surface area contributed by atoms with Gasteiger partial charge in [0.1, 0.15) is 0 Å². The molecule has 0 aromatic heterocycles. The van der Waals surface area contributed by atoms with Gasteiger partial charge < -0.3 is 5.11 Å². The average molecular weight is 155 g/mol. The molecule has 0 rings (SSSR count). The molecule has 0 amide bonds. The Hall–Kier alpha value is -0.520. The molecule has 0 aromatic rings. The molecular weight excluding hydrogens is 138 g/mol. The second-order valence-corrected chi connectivity index (χ2v) is 3.31. The number of nitrogens with one attached hydrogen (secondary N) is 1. The molecule has 0 bridgehead atoms. The van der Waals surface area contributed by atoms with Gasteiger partial charge in [-0.25, -0.2) is 0 Å². The fraction of sp³-hybridized carbons (Fsp3) is 0.778. The highest BCUT2D eigenvalue weighted by molar-refractivity contribution is 5.00. The number of hydrogen-bond donors (Lipinski definition) is 2. The number of terminal acetylenes is 1. The Morgan fingerprint density at radius 1 is 1.64 bits per heavy atom. The second kappa shape index (κ2) is 4.38. The molecule has 0 heterocycles. The molecular formula is C9H17NO. The summed E-state index contributed by atoms with van der Waals surface area (Å²) < 4.78 is 0. The monoisotopic (exact) mass is 155 g/mol. The number of aliphatic hydroxyl groups is 1. The normalized spacial score (nSPS) is 14.1. The van der Waals surface area contributed by atoms with Crippen LogP contribution in [0.2, 0.25) is 0 Å². The summed E-state index contributed by atoms with van der Waals surface area (Å²) in [5.41, 5.74) is -0.271. The quantitative estimate of drug-likeness (QED) is 0.587. The molecule has 2 heteroatoms. The van der Waals surface area contributed by atoms with Crippen molar-refractivity contribution in [3.8, 4) is 12.3 Å². The van der Waals surface area contributed by atoms with Crippen LogP contribution in [-0.2, 0) is 0 Å². The predicted octanol–water partition coefficient (Wildman–Crippen LogP) is 0.759. The lowest BCUT2D eigenvalue weighted by Gasteiger charge is -2.26. The van der Waals surface area contributed by atoms with E-state index in [1.165, 1.54) is 0 Å². The maximum absolute atomic E-state index is 8.90. The summed E-state index contributed by atoms with van der Waals surface area (Å²) in [6.07, 6.45) is 6.14. The van der Waals surface area contributed by atoms with Crippen molar-refractivity contribution in [2.45, 2.75) is 38.8 Å². The van der Waals surface area contributed by atoms with E-state index >= 15 is 0 Å². The molecule has 1 atom stereocenters. The Balaban J connectivity index is 3.92. The lowest BCUT2D eigenvalue weighted by molar-refractivity contribution is 0.182. The van der Waals surface area contributed by atoms with Gasteiger partial charge in [0.15, 0.2) is 0 Å². The van der Waals surface area contributed by atoms with Crippen LogP contribution in [0, 0.1) is 12.3 Å². The summed E-state index contributed by atoms with van der Waals surface area (Å²) in [7, 11) is 0. The standard InChI is InChI=1S/C9H17NO/c1-5-8(6-2)10-9(3,4)7-11/h1,8,10-11H,6-7H2,2-4H3. The first kappa shape index (κ1) is 10.5. The minimum absolute atomic E-state index is 0.0668. The summed E-state index contributed by atoms with van der Waals surface area (Å²) >= 11 is 0. The maximum atomic E-state index is 8.90. The summed E-state index contributed by atoms with van der Waals surface area (Å²) in [5, 5.41) is 12.1. The largest absolute Gasteiger partial charge is 0.394 e. The van der Waals surface area contributed by atoms with Gasteiger partial charge in [-0.3, -0.25) is 5.32 Å². The van der Waals surface area contributed by atoms with Crippen LogP contribution in [0.25, 0.3) is 0 Å². The van der Waals surface area contributed by atoms with Crippen molar-refractivity contribution in [3.63, 3.8) is 0 Å². The minimum atomic E-state index is -0.271. The molecule has 11 heavy (non-hydrogen) atoms. The Morgan fingerprint density at radius 2 is 2.18 bits per heavy atom. The van der Waals surface area contributed by atoms with Gasteiger partial charge in [0.05, 0.1) is 12.6 Å². The maximum Gasteiger partial charge on any atom is 0.0689 e. The third-order valence-corrected chi connectivity index (χ3v) is 1.57. The molecule has 0 aliphatic carbocycles. The van der Waals surface area contributed by atoms with Crippen molar-refractivity contribution in [1.82, 2.24) is 5.32 Å². The van der Waals surface area contributed by atoms with E-state index in [9.17, 15) is 0 Å². The van der Waals surface area contributed by atoms with Gasteiger partial charge >= 0.3 is 0 Å². The predicted molar refractivity (Wildman–Crippen MR) is 47.2 cm³/mol. The Labute approximate surface area is 69.0 Å². The molecule has 1 unspecified atom stereocenters. The smallest absolute Gasteiger partial charge is 0.0689 e. The molecule has 0 aliphatic heterocycles. The highest BCUT2D eigenvalue weighted by Crippen LogP contribution is 2.03. The Morgan fingerprint density at radius 3 is 2.45 bits per heavy atom. The van der Waals surface area contributed by atoms with Crippen LogP contribution in [0.3, 0.4) is 0 Å². The summed E-state index contributed by atoms with van der Waals surface area (Å²) in [6.45, 7) is 5.97. The molecule has 0 saturated heterocycles. The summed E-state index contributed by atoms with van der Waals surface area (Å²) in [4.78, 5) is 0. The molecule has 0 fully saturated rings. The summed E-state index contributed by atoms with van der Waals surface area (Å²) in [6, 6.07) is 0.0668. The van der Waals surface area contributed by atoms with E-state index in [2.05, 4.69) is 11.2 Å². The van der Waals surface area contributed by atoms with E-state index in [0.29, 0.717) is 0 Å². The Bertz CT molecular complexity index is 146. The zero-order valence-corrected chi connectivity index (χ0v) is 7.52. The topological polar surface area (TPSA) is 32.3 Å². The van der Waals surface area contributed by atoms with E-state index in [-0.39, 0.29) is 18.2 Å². The lowest BCUT2D eigenvalue weighted by atomic mass is 10.0. The van der Waals surface area contributed by atoms with Crippen molar-refractivity contribution < 1.29 is 5.11 Å². The van der Waals surface area contributed by atoms with Crippen molar-refractivity contribution in [2.24, 2.45) is 0 Å². The van der Waals surface area contributed by atoms with Crippen LogP contribution < -0.4 is 5.32 Å². The number of rotatable bonds is 4. The fourth-order valence-electron chi connectivity index (χ4n) is 0.779. The van der Waals surface area contributed by atoms with Gasteiger partial charge in [-0.1, -0.05) is 12.8 Å². The molecule has 0 aromatic carbocycles. The Kier molecular flexibility index (Phi) is 4.17. The fourth-order valence-corrected chi connectivity index (χ4v) is 0.779. The van der Waals surface area contributed by atoms with Gasteiger partial charge in [-0.05, 0) is 20.3 Å². The van der Waals surface area contributed by atoms with Crippen LogP contribution in [0.5, 0.6) is 0 Å². The second-order valence-electron chi connectivity index (χ2n) is 3.31. The average Bonchev–Trinajstić information content (AvgIpc) is 2.00. The zero-order chi connectivity index (χ0) is 8.91. The van der Waals surface area contributed by atoms with Gasteiger partial charge in [0, 0.05) is 5.54 Å². The first-order valence-electron chi connectivity index (χ1n) is 3.90. The summed E-state index contributed by atoms with van der Waals surface area (Å²) in [5.74, 6) is 2.62. The van der Waals surface area contributed by atoms with Gasteiger partial charge in [0.2, 0.25) is 0 Å². The van der Waals surface area contributed by atoms with E-state index < -0.39 is 0 Å². The highest BCUT2D eigenvalue weighted by atomic mass is 16.3. The van der Waals surface area contributed by atoms with Crippen molar-refractivity contribution >= 4 is 0 Å². The van der Waals surface area contributed by atoms with Crippen LogP contribution in [0.4, 0.5) is 0 Å². The van der Waals surface area contributed by atoms with Crippen LogP contribution in [-0.4, -0.2) is 23.3 Å². The van der Waals surface area contributed by atoms with Gasteiger partial charge in [-0.15, -0.1) is 6.42 Å². The number of hydrogen-bond acceptors (Lipinski definition) is 2. The van der Waals surface area contributed by atoms with Crippen LogP contribution in [0.15, 0.2) is 0 Å².